The van der Waals surface area contributed by atoms with Crippen LogP contribution in [0.3, 0.4) is 0 Å². The third kappa shape index (κ3) is 2.08. The molecule has 0 spiro atoms. The van der Waals surface area contributed by atoms with Crippen LogP contribution in [0, 0.1) is 6.92 Å². The lowest BCUT2D eigenvalue weighted by Crippen LogP contribution is -2.18. The van der Waals surface area contributed by atoms with Crippen LogP contribution in [-0.2, 0) is 0 Å². The summed E-state index contributed by atoms with van der Waals surface area (Å²) in [5.74, 6) is -0.878. The van der Waals surface area contributed by atoms with Crippen molar-refractivity contribution >= 4 is 11.7 Å². The van der Waals surface area contributed by atoms with Crippen molar-refractivity contribution in [3.63, 3.8) is 0 Å². The van der Waals surface area contributed by atoms with Crippen LogP contribution in [0.15, 0.2) is 30.4 Å². The van der Waals surface area contributed by atoms with Gasteiger partial charge >= 0.3 is 5.97 Å². The largest absolute Gasteiger partial charge is 0.478 e. The Morgan fingerprint density at radius 1 is 1.38 bits per heavy atom. The molecule has 84 valence electrons. The SMILES string of the molecule is Cc1cccc(C(=O)O)c1NC1CC=CC1. The van der Waals surface area contributed by atoms with E-state index in [0.29, 0.717) is 11.6 Å². The fourth-order valence-corrected chi connectivity index (χ4v) is 1.98. The van der Waals surface area contributed by atoms with Gasteiger partial charge in [0.1, 0.15) is 0 Å². The molecule has 0 aromatic heterocycles. The first kappa shape index (κ1) is 10.7. The van der Waals surface area contributed by atoms with E-state index in [4.69, 9.17) is 5.11 Å². The molecule has 2 rings (SSSR count). The highest BCUT2D eigenvalue weighted by Gasteiger charge is 2.16. The number of aromatic carboxylic acids is 1. The summed E-state index contributed by atoms with van der Waals surface area (Å²) in [5.41, 5.74) is 2.09. The van der Waals surface area contributed by atoms with Crippen LogP contribution < -0.4 is 5.32 Å². The monoisotopic (exact) mass is 217 g/mol. The lowest BCUT2D eigenvalue weighted by molar-refractivity contribution is 0.0698. The van der Waals surface area contributed by atoms with Gasteiger partial charge in [0.25, 0.3) is 0 Å². The summed E-state index contributed by atoms with van der Waals surface area (Å²) in [6.07, 6.45) is 6.17. The summed E-state index contributed by atoms with van der Waals surface area (Å²) < 4.78 is 0. The van der Waals surface area contributed by atoms with Gasteiger partial charge in [0, 0.05) is 6.04 Å². The number of benzene rings is 1. The molecule has 1 aliphatic carbocycles. The van der Waals surface area contributed by atoms with Gasteiger partial charge in [0.15, 0.2) is 0 Å². The van der Waals surface area contributed by atoms with Gasteiger partial charge in [-0.1, -0.05) is 24.3 Å². The molecule has 0 amide bonds. The fraction of sp³-hybridized carbons (Fsp3) is 0.308. The van der Waals surface area contributed by atoms with Crippen LogP contribution in [0.4, 0.5) is 5.69 Å². The number of hydrogen-bond donors (Lipinski definition) is 2. The zero-order valence-corrected chi connectivity index (χ0v) is 9.23. The highest BCUT2D eigenvalue weighted by atomic mass is 16.4. The number of carboxylic acids is 1. The van der Waals surface area contributed by atoms with Crippen molar-refractivity contribution in [3.8, 4) is 0 Å². The Morgan fingerprint density at radius 2 is 2.06 bits per heavy atom. The molecule has 0 saturated heterocycles. The van der Waals surface area contributed by atoms with Gasteiger partial charge in [-0.05, 0) is 31.4 Å². The number of hydrogen-bond acceptors (Lipinski definition) is 2. The van der Waals surface area contributed by atoms with Crippen molar-refractivity contribution in [3.05, 3.63) is 41.5 Å². The molecule has 0 saturated carbocycles. The summed E-state index contributed by atoms with van der Waals surface area (Å²) in [7, 11) is 0. The number of rotatable bonds is 3. The maximum absolute atomic E-state index is 11.1. The molecule has 0 aliphatic heterocycles. The molecule has 1 aromatic carbocycles. The van der Waals surface area contributed by atoms with Gasteiger partial charge in [-0.3, -0.25) is 0 Å². The van der Waals surface area contributed by atoms with Gasteiger partial charge < -0.3 is 10.4 Å². The Labute approximate surface area is 94.8 Å². The van der Waals surface area contributed by atoms with Crippen LogP contribution in [0.1, 0.15) is 28.8 Å². The lowest BCUT2D eigenvalue weighted by Gasteiger charge is -2.17. The Balaban J connectivity index is 2.27. The molecule has 16 heavy (non-hydrogen) atoms. The number of aryl methyl sites for hydroxylation is 1. The van der Waals surface area contributed by atoms with Crippen molar-refractivity contribution in [2.75, 3.05) is 5.32 Å². The Hall–Kier alpha value is -1.77. The maximum atomic E-state index is 11.1. The molecule has 0 heterocycles. The van der Waals surface area contributed by atoms with Gasteiger partial charge in [0.2, 0.25) is 0 Å². The minimum Gasteiger partial charge on any atom is -0.478 e. The molecule has 0 radical (unpaired) electrons. The number of carbonyl (C=O) groups is 1. The van der Waals surface area contributed by atoms with E-state index in [-0.39, 0.29) is 0 Å². The molecule has 0 bridgehead atoms. The first-order valence-electron chi connectivity index (χ1n) is 5.43. The molecule has 1 aromatic rings. The Bertz CT molecular complexity index is 430. The second kappa shape index (κ2) is 4.39. The quantitative estimate of drug-likeness (QED) is 0.765. The van der Waals surface area contributed by atoms with Crippen LogP contribution in [-0.4, -0.2) is 17.1 Å². The van der Waals surface area contributed by atoms with Crippen LogP contribution in [0.2, 0.25) is 0 Å². The molecular weight excluding hydrogens is 202 g/mol. The fourth-order valence-electron chi connectivity index (χ4n) is 1.98. The van der Waals surface area contributed by atoms with E-state index in [1.807, 2.05) is 13.0 Å². The number of nitrogens with one attached hydrogen (secondary N) is 1. The molecule has 2 N–H and O–H groups in total. The van der Waals surface area contributed by atoms with E-state index >= 15 is 0 Å². The predicted octanol–water partition coefficient (Wildman–Crippen LogP) is 2.82. The highest BCUT2D eigenvalue weighted by molar-refractivity contribution is 5.95. The van der Waals surface area contributed by atoms with E-state index < -0.39 is 5.97 Å². The van der Waals surface area contributed by atoms with E-state index in [0.717, 1.165) is 24.1 Å². The maximum Gasteiger partial charge on any atom is 0.337 e. The number of carboxylic acid groups (broad SMARTS) is 1. The van der Waals surface area contributed by atoms with Crippen LogP contribution >= 0.6 is 0 Å². The van der Waals surface area contributed by atoms with Crippen LogP contribution in [0.5, 0.6) is 0 Å². The highest BCUT2D eigenvalue weighted by Crippen LogP contribution is 2.24. The normalized spacial score (nSPS) is 15.3. The third-order valence-electron chi connectivity index (χ3n) is 2.86. The van der Waals surface area contributed by atoms with Crippen molar-refractivity contribution in [1.82, 2.24) is 0 Å². The average Bonchev–Trinajstić information content (AvgIpc) is 2.73. The van der Waals surface area contributed by atoms with Crippen molar-refractivity contribution in [1.29, 1.82) is 0 Å². The van der Waals surface area contributed by atoms with Gasteiger partial charge in [-0.25, -0.2) is 4.79 Å². The number of para-hydroxylation sites is 1. The first-order valence-corrected chi connectivity index (χ1v) is 5.43. The smallest absolute Gasteiger partial charge is 0.337 e. The van der Waals surface area contributed by atoms with E-state index in [2.05, 4.69) is 17.5 Å². The summed E-state index contributed by atoms with van der Waals surface area (Å²) in [4.78, 5) is 11.1. The van der Waals surface area contributed by atoms with Gasteiger partial charge in [-0.2, -0.15) is 0 Å². The Kier molecular flexibility index (Phi) is 2.95. The predicted molar refractivity (Wildman–Crippen MR) is 63.9 cm³/mol. The minimum absolute atomic E-state index is 0.333. The van der Waals surface area contributed by atoms with Crippen molar-refractivity contribution in [2.24, 2.45) is 0 Å². The second-order valence-electron chi connectivity index (χ2n) is 4.09. The summed E-state index contributed by atoms with van der Waals surface area (Å²) in [6, 6.07) is 5.67. The zero-order valence-electron chi connectivity index (χ0n) is 9.23. The zero-order chi connectivity index (χ0) is 11.5. The Morgan fingerprint density at radius 3 is 2.69 bits per heavy atom. The average molecular weight is 217 g/mol. The molecular formula is C13H15NO2. The molecule has 0 fully saturated rings. The molecule has 3 heteroatoms. The summed E-state index contributed by atoms with van der Waals surface area (Å²) in [6.45, 7) is 1.93. The van der Waals surface area contributed by atoms with E-state index in [1.165, 1.54) is 0 Å². The minimum atomic E-state index is -0.878. The van der Waals surface area contributed by atoms with Gasteiger partial charge in [0.05, 0.1) is 11.3 Å². The van der Waals surface area contributed by atoms with Crippen molar-refractivity contribution in [2.45, 2.75) is 25.8 Å². The van der Waals surface area contributed by atoms with Crippen molar-refractivity contribution < 1.29 is 9.90 Å². The molecule has 3 nitrogen and oxygen atoms in total. The summed E-state index contributed by atoms with van der Waals surface area (Å²) >= 11 is 0. The van der Waals surface area contributed by atoms with E-state index in [1.54, 1.807) is 12.1 Å². The first-order chi connectivity index (χ1) is 7.68. The summed E-state index contributed by atoms with van der Waals surface area (Å²) in [5, 5.41) is 12.4. The number of anilines is 1. The molecule has 1 aliphatic rings. The molecule has 0 atom stereocenters. The standard InChI is InChI=1S/C13H15NO2/c1-9-5-4-8-11(13(15)16)12(9)14-10-6-2-3-7-10/h2-5,8,10,14H,6-7H2,1H3,(H,15,16). The van der Waals surface area contributed by atoms with Crippen LogP contribution in [0.25, 0.3) is 0 Å². The molecule has 0 unspecified atom stereocenters. The lowest BCUT2D eigenvalue weighted by atomic mass is 10.1. The third-order valence-corrected chi connectivity index (χ3v) is 2.86. The van der Waals surface area contributed by atoms with E-state index in [9.17, 15) is 4.79 Å². The van der Waals surface area contributed by atoms with Gasteiger partial charge in [-0.15, -0.1) is 0 Å². The topological polar surface area (TPSA) is 49.3 Å². The second-order valence-corrected chi connectivity index (χ2v) is 4.09.